The Labute approximate surface area is 446 Å². The van der Waals surface area contributed by atoms with Crippen LogP contribution in [0.1, 0.15) is 278 Å². The van der Waals surface area contributed by atoms with Crippen LogP contribution < -0.4 is 0 Å². The summed E-state index contributed by atoms with van der Waals surface area (Å²) in [5.41, 5.74) is 0. The standard InChI is InChI=1S/C67H114O5/c1-4-7-10-13-16-19-22-25-28-31-34-36-39-42-45-48-51-54-57-60-66(68)71-64-65(63-70-62-59-56-53-50-47-44-41-38-33-30-27-24-21-18-15-12-9-6-3)72-67(69)61-58-55-52-49-46-43-40-37-35-32-29-26-23-20-17-14-11-8-5-2/h7-8,10-11,16-17,19-20,25-30,34-37,65H,4-6,9,12-15,18,21-24,31-33,38-64H2,1-3H3/b10-7-,11-8-,19-16-,20-17-,28-25-,29-26-,30-27-,36-34-,37-35-. The molecule has 1 unspecified atom stereocenters. The van der Waals surface area contributed by atoms with Gasteiger partial charge in [0.05, 0.1) is 6.61 Å². The van der Waals surface area contributed by atoms with Crippen molar-refractivity contribution in [1.82, 2.24) is 0 Å². The Morgan fingerprint density at radius 1 is 0.319 bits per heavy atom. The second-order valence-corrected chi connectivity index (χ2v) is 19.8. The number of carbonyl (C=O) groups is 2. The number of hydrogen-bond donors (Lipinski definition) is 0. The van der Waals surface area contributed by atoms with Crippen molar-refractivity contribution in [2.45, 2.75) is 284 Å². The van der Waals surface area contributed by atoms with E-state index in [1.807, 2.05) is 0 Å². The maximum Gasteiger partial charge on any atom is 0.306 e. The number of hydrogen-bond acceptors (Lipinski definition) is 5. The van der Waals surface area contributed by atoms with Gasteiger partial charge in [0.15, 0.2) is 6.10 Å². The Morgan fingerprint density at radius 2 is 0.625 bits per heavy atom. The summed E-state index contributed by atoms with van der Waals surface area (Å²) in [6.07, 6.45) is 85.4. The van der Waals surface area contributed by atoms with Crippen LogP contribution in [-0.2, 0) is 23.8 Å². The highest BCUT2D eigenvalue weighted by Gasteiger charge is 2.17. The molecule has 0 aliphatic carbocycles. The van der Waals surface area contributed by atoms with Gasteiger partial charge in [-0.1, -0.05) is 252 Å². The van der Waals surface area contributed by atoms with E-state index >= 15 is 0 Å². The highest BCUT2D eigenvalue weighted by Crippen LogP contribution is 2.15. The van der Waals surface area contributed by atoms with Crippen molar-refractivity contribution in [1.29, 1.82) is 0 Å². The van der Waals surface area contributed by atoms with Crippen molar-refractivity contribution in [2.24, 2.45) is 0 Å². The average Bonchev–Trinajstić information content (AvgIpc) is 3.38. The summed E-state index contributed by atoms with van der Waals surface area (Å²) in [6, 6.07) is 0. The summed E-state index contributed by atoms with van der Waals surface area (Å²) < 4.78 is 17.5. The quantitative estimate of drug-likeness (QED) is 0.0345. The largest absolute Gasteiger partial charge is 0.462 e. The van der Waals surface area contributed by atoms with E-state index in [0.717, 1.165) is 116 Å². The minimum Gasteiger partial charge on any atom is -0.462 e. The molecule has 0 aromatic heterocycles. The van der Waals surface area contributed by atoms with Crippen molar-refractivity contribution in [3.05, 3.63) is 109 Å². The fourth-order valence-corrected chi connectivity index (χ4v) is 8.31. The van der Waals surface area contributed by atoms with Crippen molar-refractivity contribution in [2.75, 3.05) is 19.8 Å². The SMILES string of the molecule is CC/C=C\C/C=C\C/C=C\C/C=C\CCCCCCCCC(=O)OCC(COCCCCCCCCCC/C=C\CCCCCCCC)OC(=O)CCCCCCCC/C=C\C/C=C\C/C=C\C/C=C\CC. The molecule has 0 saturated heterocycles. The zero-order valence-corrected chi connectivity index (χ0v) is 47.4. The van der Waals surface area contributed by atoms with Crippen LogP contribution in [0.25, 0.3) is 0 Å². The van der Waals surface area contributed by atoms with E-state index < -0.39 is 6.10 Å². The first-order valence-electron chi connectivity index (χ1n) is 30.4. The van der Waals surface area contributed by atoms with Crippen molar-refractivity contribution in [3.8, 4) is 0 Å². The molecular weight excluding hydrogens is 885 g/mol. The summed E-state index contributed by atoms with van der Waals surface area (Å²) in [5.74, 6) is -0.428. The molecule has 0 aromatic carbocycles. The zero-order chi connectivity index (χ0) is 52.0. The highest BCUT2D eigenvalue weighted by atomic mass is 16.6. The molecule has 5 heteroatoms. The Bertz CT molecular complexity index is 1410. The third-order valence-electron chi connectivity index (χ3n) is 12.8. The maximum atomic E-state index is 12.9. The predicted molar refractivity (Wildman–Crippen MR) is 316 cm³/mol. The molecule has 0 heterocycles. The van der Waals surface area contributed by atoms with E-state index in [1.54, 1.807) is 0 Å². The second kappa shape index (κ2) is 61.9. The molecule has 0 aliphatic rings. The molecule has 0 saturated carbocycles. The molecule has 1 atom stereocenters. The van der Waals surface area contributed by atoms with Gasteiger partial charge in [0, 0.05) is 19.4 Å². The molecule has 0 fully saturated rings. The van der Waals surface area contributed by atoms with Crippen LogP contribution in [0.4, 0.5) is 0 Å². The van der Waals surface area contributed by atoms with Gasteiger partial charge in [-0.3, -0.25) is 9.59 Å². The van der Waals surface area contributed by atoms with Gasteiger partial charge in [0.2, 0.25) is 0 Å². The van der Waals surface area contributed by atoms with Crippen molar-refractivity contribution < 1.29 is 23.8 Å². The normalized spacial score (nSPS) is 13.0. The van der Waals surface area contributed by atoms with Crippen LogP contribution >= 0.6 is 0 Å². The van der Waals surface area contributed by atoms with Crippen LogP contribution in [0.15, 0.2) is 109 Å². The number of unbranched alkanes of at least 4 members (excludes halogenated alkanes) is 26. The third-order valence-corrected chi connectivity index (χ3v) is 12.8. The van der Waals surface area contributed by atoms with E-state index in [9.17, 15) is 9.59 Å². The predicted octanol–water partition coefficient (Wildman–Crippen LogP) is 21.1. The van der Waals surface area contributed by atoms with E-state index in [4.69, 9.17) is 14.2 Å². The fraction of sp³-hybridized carbons (Fsp3) is 0.701. The molecule has 0 bridgehead atoms. The molecule has 0 radical (unpaired) electrons. The number of ether oxygens (including phenoxy) is 3. The fourth-order valence-electron chi connectivity index (χ4n) is 8.31. The van der Waals surface area contributed by atoms with Gasteiger partial charge in [-0.25, -0.2) is 0 Å². The lowest BCUT2D eigenvalue weighted by Gasteiger charge is -2.18. The lowest BCUT2D eigenvalue weighted by Crippen LogP contribution is -2.30. The highest BCUT2D eigenvalue weighted by molar-refractivity contribution is 5.70. The summed E-state index contributed by atoms with van der Waals surface area (Å²) >= 11 is 0. The molecule has 0 aliphatic heterocycles. The molecule has 5 nitrogen and oxygen atoms in total. The lowest BCUT2D eigenvalue weighted by molar-refractivity contribution is -0.163. The van der Waals surface area contributed by atoms with Gasteiger partial charge < -0.3 is 14.2 Å². The minimum absolute atomic E-state index is 0.0655. The molecule has 0 amide bonds. The Balaban J connectivity index is 4.36. The Morgan fingerprint density at radius 3 is 1.01 bits per heavy atom. The topological polar surface area (TPSA) is 61.8 Å². The molecule has 72 heavy (non-hydrogen) atoms. The van der Waals surface area contributed by atoms with Crippen LogP contribution in [0.3, 0.4) is 0 Å². The second-order valence-electron chi connectivity index (χ2n) is 19.8. The first-order chi connectivity index (χ1) is 35.6. The lowest BCUT2D eigenvalue weighted by atomic mass is 10.1. The van der Waals surface area contributed by atoms with E-state index in [1.165, 1.54) is 128 Å². The van der Waals surface area contributed by atoms with Crippen LogP contribution in [0.2, 0.25) is 0 Å². The van der Waals surface area contributed by atoms with Gasteiger partial charge in [-0.15, -0.1) is 0 Å². The zero-order valence-electron chi connectivity index (χ0n) is 47.4. The number of rotatable bonds is 55. The van der Waals surface area contributed by atoms with Crippen LogP contribution in [0, 0.1) is 0 Å². The third kappa shape index (κ3) is 59.1. The summed E-state index contributed by atoms with van der Waals surface area (Å²) in [7, 11) is 0. The van der Waals surface area contributed by atoms with Gasteiger partial charge in [-0.2, -0.15) is 0 Å². The molecular formula is C67H114O5. The first kappa shape index (κ1) is 68.6. The molecule has 412 valence electrons. The van der Waals surface area contributed by atoms with Gasteiger partial charge in [0.1, 0.15) is 6.61 Å². The monoisotopic (exact) mass is 999 g/mol. The van der Waals surface area contributed by atoms with Gasteiger partial charge in [0.25, 0.3) is 0 Å². The molecule has 0 rings (SSSR count). The molecule has 0 N–H and O–H groups in total. The molecule has 0 aromatic rings. The van der Waals surface area contributed by atoms with E-state index in [2.05, 4.69) is 130 Å². The van der Waals surface area contributed by atoms with Crippen LogP contribution in [-0.4, -0.2) is 37.9 Å². The Hall–Kier alpha value is -3.44. The van der Waals surface area contributed by atoms with E-state index in [0.29, 0.717) is 19.4 Å². The number of esters is 2. The first-order valence-corrected chi connectivity index (χ1v) is 30.4. The summed E-state index contributed by atoms with van der Waals surface area (Å²) in [5, 5.41) is 0. The van der Waals surface area contributed by atoms with Gasteiger partial charge >= 0.3 is 11.9 Å². The van der Waals surface area contributed by atoms with E-state index in [-0.39, 0.29) is 25.2 Å². The average molecular weight is 1000 g/mol. The number of allylic oxidation sites excluding steroid dienone is 18. The molecule has 0 spiro atoms. The number of carbonyl (C=O) groups excluding carboxylic acids is 2. The Kier molecular flexibility index (Phi) is 58.9. The van der Waals surface area contributed by atoms with Gasteiger partial charge in [-0.05, 0) is 122 Å². The smallest absolute Gasteiger partial charge is 0.306 e. The minimum atomic E-state index is -0.560. The van der Waals surface area contributed by atoms with Crippen molar-refractivity contribution >= 4 is 11.9 Å². The van der Waals surface area contributed by atoms with Crippen molar-refractivity contribution in [3.63, 3.8) is 0 Å². The van der Waals surface area contributed by atoms with Crippen LogP contribution in [0.5, 0.6) is 0 Å². The maximum absolute atomic E-state index is 12.9. The summed E-state index contributed by atoms with van der Waals surface area (Å²) in [4.78, 5) is 25.6. The summed E-state index contributed by atoms with van der Waals surface area (Å²) in [6.45, 7) is 7.58.